The number of carbonyl (C=O) groups excluding carboxylic acids is 2. The highest BCUT2D eigenvalue weighted by Gasteiger charge is 2.40. The average Bonchev–Trinajstić information content (AvgIpc) is 3.16. The van der Waals surface area contributed by atoms with E-state index in [1.165, 1.54) is 11.8 Å². The molecule has 0 radical (unpaired) electrons. The zero-order valence-corrected chi connectivity index (χ0v) is 17.8. The van der Waals surface area contributed by atoms with Crippen LogP contribution in [0, 0.1) is 17.2 Å². The van der Waals surface area contributed by atoms with Crippen LogP contribution >= 0.6 is 11.8 Å². The van der Waals surface area contributed by atoms with Gasteiger partial charge in [-0.3, -0.25) is 4.79 Å². The van der Waals surface area contributed by atoms with Gasteiger partial charge in [0.05, 0.1) is 30.5 Å². The highest BCUT2D eigenvalue weighted by molar-refractivity contribution is 8.04. The van der Waals surface area contributed by atoms with Crippen LogP contribution in [-0.4, -0.2) is 42.0 Å². The summed E-state index contributed by atoms with van der Waals surface area (Å²) in [6.07, 6.45) is 0.951. The van der Waals surface area contributed by atoms with Crippen LogP contribution in [0.3, 0.4) is 0 Å². The fourth-order valence-corrected chi connectivity index (χ4v) is 5.25. The van der Waals surface area contributed by atoms with E-state index in [-0.39, 0.29) is 23.3 Å². The number of nitrogens with zero attached hydrogens (tertiary/aromatic N) is 2. The minimum Gasteiger partial charge on any atom is -0.449 e. The van der Waals surface area contributed by atoms with Crippen molar-refractivity contribution in [1.82, 2.24) is 10.2 Å². The Hall–Kier alpha value is -3.24. The van der Waals surface area contributed by atoms with Crippen molar-refractivity contribution >= 4 is 23.8 Å². The highest BCUT2D eigenvalue weighted by atomic mass is 32.2. The van der Waals surface area contributed by atoms with Crippen LogP contribution in [0.4, 0.5) is 4.79 Å². The number of nitriles is 1. The molecule has 0 saturated heterocycles. The summed E-state index contributed by atoms with van der Waals surface area (Å²) in [6, 6.07) is 21.2. The number of amides is 2. The van der Waals surface area contributed by atoms with Crippen molar-refractivity contribution in [1.29, 1.82) is 5.26 Å². The molecule has 0 fully saturated rings. The quantitative estimate of drug-likeness (QED) is 0.772. The van der Waals surface area contributed by atoms with Crippen LogP contribution in [0.2, 0.25) is 0 Å². The fourth-order valence-electron chi connectivity index (χ4n) is 3.80. The summed E-state index contributed by atoms with van der Waals surface area (Å²) in [5.74, 6) is -0.584. The van der Waals surface area contributed by atoms with Crippen LogP contribution in [0.5, 0.6) is 0 Å². The molecule has 2 amide bonds. The van der Waals surface area contributed by atoms with E-state index in [1.54, 1.807) is 17.0 Å². The van der Waals surface area contributed by atoms with Crippen LogP contribution < -0.4 is 5.32 Å². The third-order valence-corrected chi connectivity index (χ3v) is 6.78. The largest absolute Gasteiger partial charge is 0.449 e. The molecule has 2 aliphatic rings. The molecule has 6 nitrogen and oxygen atoms in total. The second kappa shape index (κ2) is 9.71. The van der Waals surface area contributed by atoms with E-state index in [2.05, 4.69) is 11.4 Å². The number of ether oxygens (including phenoxy) is 1. The number of rotatable bonds is 5. The second-order valence-electron chi connectivity index (χ2n) is 7.45. The number of thioether (sulfide) groups is 1. The molecule has 0 bridgehead atoms. The zero-order valence-electron chi connectivity index (χ0n) is 17.0. The lowest BCUT2D eigenvalue weighted by atomic mass is 9.94. The van der Waals surface area contributed by atoms with Gasteiger partial charge >= 0.3 is 6.09 Å². The Balaban J connectivity index is 1.33. The van der Waals surface area contributed by atoms with Gasteiger partial charge in [0.15, 0.2) is 0 Å². The molecular weight excluding hydrogens is 410 g/mol. The molecule has 31 heavy (non-hydrogen) atoms. The molecule has 2 aromatic rings. The summed E-state index contributed by atoms with van der Waals surface area (Å²) in [5, 5.41) is 12.3. The first-order valence-electron chi connectivity index (χ1n) is 10.3. The number of benzene rings is 2. The Labute approximate surface area is 185 Å². The lowest BCUT2D eigenvalue weighted by Gasteiger charge is -2.27. The van der Waals surface area contributed by atoms with E-state index >= 15 is 0 Å². The Bertz CT molecular complexity index is 1020. The van der Waals surface area contributed by atoms with Gasteiger partial charge in [0, 0.05) is 23.4 Å². The van der Waals surface area contributed by atoms with Gasteiger partial charge in [-0.05, 0) is 29.7 Å². The molecule has 0 aromatic heterocycles. The molecule has 158 valence electrons. The van der Waals surface area contributed by atoms with Crippen molar-refractivity contribution < 1.29 is 14.3 Å². The molecule has 1 N–H and O–H groups in total. The third-order valence-electron chi connectivity index (χ3n) is 5.46. The molecular formula is C24H23N3O3S. The third kappa shape index (κ3) is 4.92. The van der Waals surface area contributed by atoms with E-state index in [0.29, 0.717) is 38.1 Å². The summed E-state index contributed by atoms with van der Waals surface area (Å²) in [6.45, 7) is 1.26. The van der Waals surface area contributed by atoms with Gasteiger partial charge in [-0.25, -0.2) is 4.79 Å². The molecule has 4 rings (SSSR count). The van der Waals surface area contributed by atoms with Gasteiger partial charge in [0.25, 0.3) is 5.91 Å². The number of hydrogen-bond acceptors (Lipinski definition) is 5. The Morgan fingerprint density at radius 1 is 1.13 bits per heavy atom. The first-order valence-corrected chi connectivity index (χ1v) is 11.1. The van der Waals surface area contributed by atoms with Crippen LogP contribution in [-0.2, 0) is 11.2 Å². The monoisotopic (exact) mass is 433 g/mol. The topological polar surface area (TPSA) is 82.4 Å². The molecule has 0 spiro atoms. The van der Waals surface area contributed by atoms with Crippen molar-refractivity contribution in [2.75, 3.05) is 19.7 Å². The fraction of sp³-hybridized carbons (Fsp3) is 0.292. The summed E-state index contributed by atoms with van der Waals surface area (Å²) < 4.78 is 5.46. The Morgan fingerprint density at radius 3 is 2.55 bits per heavy atom. The summed E-state index contributed by atoms with van der Waals surface area (Å²) in [7, 11) is 0. The average molecular weight is 434 g/mol. The maximum atomic E-state index is 12.5. The Kier molecular flexibility index (Phi) is 6.58. The molecule has 7 heteroatoms. The Morgan fingerprint density at radius 2 is 1.84 bits per heavy atom. The summed E-state index contributed by atoms with van der Waals surface area (Å²) in [5.41, 5.74) is 2.71. The maximum absolute atomic E-state index is 12.5. The molecule has 2 aliphatic heterocycles. The zero-order chi connectivity index (χ0) is 21.6. The maximum Gasteiger partial charge on any atom is 0.410 e. The van der Waals surface area contributed by atoms with Gasteiger partial charge in [-0.15, -0.1) is 11.8 Å². The minimum absolute atomic E-state index is 0.199. The van der Waals surface area contributed by atoms with Gasteiger partial charge in [-0.1, -0.05) is 48.5 Å². The van der Waals surface area contributed by atoms with E-state index in [4.69, 9.17) is 4.74 Å². The predicted molar refractivity (Wildman–Crippen MR) is 119 cm³/mol. The van der Waals surface area contributed by atoms with Gasteiger partial charge < -0.3 is 15.0 Å². The first kappa shape index (κ1) is 21.0. The molecule has 0 saturated carbocycles. The van der Waals surface area contributed by atoms with Crippen molar-refractivity contribution in [2.45, 2.75) is 18.2 Å². The standard InChI is InChI=1S/C24H23N3O3S/c25-15-20-19-11-13-27(24(29)30-14-12-17-7-3-1-4-8-17)16-21(19)31-23(20)26-22(28)18-9-5-2-6-10-18/h1-10,20,23H,11-14,16H2,(H,26,28). The van der Waals surface area contributed by atoms with E-state index < -0.39 is 0 Å². The SMILES string of the molecule is N#CC1C2=C(CN(C(=O)OCCc3ccccc3)CC2)SC1NC(=O)c1ccccc1. The van der Waals surface area contributed by atoms with E-state index in [9.17, 15) is 14.9 Å². The molecule has 2 unspecified atom stereocenters. The predicted octanol–water partition coefficient (Wildman–Crippen LogP) is 3.97. The first-order chi connectivity index (χ1) is 15.2. The highest BCUT2D eigenvalue weighted by Crippen LogP contribution is 2.44. The lowest BCUT2D eigenvalue weighted by Crippen LogP contribution is -2.37. The van der Waals surface area contributed by atoms with Gasteiger partial charge in [0.2, 0.25) is 0 Å². The second-order valence-corrected chi connectivity index (χ2v) is 8.69. The number of carbonyl (C=O) groups is 2. The van der Waals surface area contributed by atoms with E-state index in [1.807, 2.05) is 48.5 Å². The molecule has 2 heterocycles. The summed E-state index contributed by atoms with van der Waals surface area (Å²) in [4.78, 5) is 27.7. The van der Waals surface area contributed by atoms with Crippen molar-refractivity contribution in [2.24, 2.45) is 5.92 Å². The number of hydrogen-bond donors (Lipinski definition) is 1. The van der Waals surface area contributed by atoms with Gasteiger partial charge in [0.1, 0.15) is 0 Å². The van der Waals surface area contributed by atoms with Crippen LogP contribution in [0.15, 0.2) is 71.1 Å². The molecule has 0 aliphatic carbocycles. The van der Waals surface area contributed by atoms with E-state index in [0.717, 1.165) is 16.0 Å². The summed E-state index contributed by atoms with van der Waals surface area (Å²) >= 11 is 1.47. The van der Waals surface area contributed by atoms with Gasteiger partial charge in [-0.2, -0.15) is 5.26 Å². The molecule has 2 atom stereocenters. The van der Waals surface area contributed by atoms with Crippen molar-refractivity contribution in [3.05, 3.63) is 82.3 Å². The van der Waals surface area contributed by atoms with Crippen LogP contribution in [0.25, 0.3) is 0 Å². The minimum atomic E-state index is -0.385. The normalized spacial score (nSPS) is 20.0. The van der Waals surface area contributed by atoms with Crippen molar-refractivity contribution in [3.63, 3.8) is 0 Å². The van der Waals surface area contributed by atoms with Crippen LogP contribution in [0.1, 0.15) is 22.3 Å². The molecule has 2 aromatic carbocycles. The number of nitrogens with one attached hydrogen (secondary N) is 1. The lowest BCUT2D eigenvalue weighted by molar-refractivity contribution is 0.0947. The smallest absolute Gasteiger partial charge is 0.410 e. The van der Waals surface area contributed by atoms with Crippen molar-refractivity contribution in [3.8, 4) is 6.07 Å².